The molecule has 18 heavy (non-hydrogen) atoms. The molecule has 7 heteroatoms. The fourth-order valence-electron chi connectivity index (χ4n) is 2.18. The minimum absolute atomic E-state index is 0.0396. The lowest BCUT2D eigenvalue weighted by atomic mass is 10.5. The van der Waals surface area contributed by atoms with E-state index in [0.717, 1.165) is 11.6 Å². The number of urea groups is 1. The van der Waals surface area contributed by atoms with Crippen LogP contribution in [0.2, 0.25) is 0 Å². The first kappa shape index (κ1) is 10.8. The van der Waals surface area contributed by atoms with Gasteiger partial charge in [-0.15, -0.1) is 0 Å². The van der Waals surface area contributed by atoms with Gasteiger partial charge in [0.2, 0.25) is 0 Å². The van der Waals surface area contributed by atoms with Crippen LogP contribution in [-0.4, -0.2) is 38.2 Å². The molecule has 1 fully saturated rings. The molecule has 2 aromatic heterocycles. The summed E-state index contributed by atoms with van der Waals surface area (Å²) >= 11 is 0. The molecule has 0 atom stereocenters. The predicted molar refractivity (Wildman–Crippen MR) is 66.5 cm³/mol. The van der Waals surface area contributed by atoms with Crippen LogP contribution in [0.4, 0.5) is 16.4 Å². The van der Waals surface area contributed by atoms with Gasteiger partial charge in [-0.25, -0.2) is 14.8 Å². The maximum atomic E-state index is 12.4. The smallest absolute Gasteiger partial charge is 0.320 e. The van der Waals surface area contributed by atoms with Crippen molar-refractivity contribution < 1.29 is 4.79 Å². The van der Waals surface area contributed by atoms with Crippen molar-refractivity contribution in [3.63, 3.8) is 0 Å². The van der Waals surface area contributed by atoms with E-state index in [4.69, 9.17) is 0 Å². The standard InChI is InChI=1S/C11H14N6O/c1-14-7-12-5-9(14)16-3-4-17(11(16)18)10-6-13-8-15(10)2/h5-8H,3-4H2,1-2H3. The number of nitrogens with zero attached hydrogens (tertiary/aromatic N) is 6. The molecular formula is C11H14N6O. The monoisotopic (exact) mass is 246 g/mol. The maximum Gasteiger partial charge on any atom is 0.331 e. The second-order valence-corrected chi connectivity index (χ2v) is 4.31. The Bertz CT molecular complexity index is 536. The molecule has 0 radical (unpaired) electrons. The topological polar surface area (TPSA) is 59.2 Å². The zero-order valence-corrected chi connectivity index (χ0v) is 10.3. The molecule has 0 spiro atoms. The van der Waals surface area contributed by atoms with Gasteiger partial charge in [-0.05, 0) is 0 Å². The Labute approximate surface area is 104 Å². The van der Waals surface area contributed by atoms with Crippen molar-refractivity contribution in [2.75, 3.05) is 22.9 Å². The van der Waals surface area contributed by atoms with Crippen LogP contribution in [0.15, 0.2) is 25.0 Å². The Morgan fingerprint density at radius 1 is 0.944 bits per heavy atom. The van der Waals surface area contributed by atoms with Gasteiger partial charge < -0.3 is 9.13 Å². The molecule has 0 unspecified atom stereocenters. The number of imidazole rings is 2. The lowest BCUT2D eigenvalue weighted by Crippen LogP contribution is -2.33. The highest BCUT2D eigenvalue weighted by atomic mass is 16.2. The molecule has 1 aliphatic rings. The summed E-state index contributed by atoms with van der Waals surface area (Å²) in [4.78, 5) is 23.9. The molecule has 0 bridgehead atoms. The normalized spacial score (nSPS) is 15.8. The van der Waals surface area contributed by atoms with E-state index in [1.54, 1.807) is 34.8 Å². The molecule has 2 aromatic rings. The quantitative estimate of drug-likeness (QED) is 0.779. The summed E-state index contributed by atoms with van der Waals surface area (Å²) in [5.74, 6) is 1.62. The second-order valence-electron chi connectivity index (χ2n) is 4.31. The summed E-state index contributed by atoms with van der Waals surface area (Å²) in [5, 5.41) is 0. The van der Waals surface area contributed by atoms with Crippen molar-refractivity contribution >= 4 is 17.7 Å². The molecule has 3 rings (SSSR count). The second kappa shape index (κ2) is 3.86. The molecule has 3 heterocycles. The minimum atomic E-state index is -0.0396. The van der Waals surface area contributed by atoms with E-state index in [9.17, 15) is 4.79 Å². The van der Waals surface area contributed by atoms with Crippen LogP contribution in [0.5, 0.6) is 0 Å². The van der Waals surface area contributed by atoms with E-state index in [-0.39, 0.29) is 6.03 Å². The summed E-state index contributed by atoms with van der Waals surface area (Å²) in [6.07, 6.45) is 6.78. The molecule has 0 aliphatic carbocycles. The van der Waals surface area contributed by atoms with Gasteiger partial charge in [0.25, 0.3) is 0 Å². The highest BCUT2D eigenvalue weighted by molar-refractivity contribution is 6.05. The molecule has 94 valence electrons. The summed E-state index contributed by atoms with van der Waals surface area (Å²) in [6.45, 7) is 1.31. The van der Waals surface area contributed by atoms with Crippen molar-refractivity contribution in [1.29, 1.82) is 0 Å². The highest BCUT2D eigenvalue weighted by Crippen LogP contribution is 2.23. The first-order chi connectivity index (χ1) is 8.68. The maximum absolute atomic E-state index is 12.4. The number of carbonyl (C=O) groups excluding carboxylic acids is 1. The number of aryl methyl sites for hydroxylation is 2. The Morgan fingerprint density at radius 2 is 1.39 bits per heavy atom. The molecule has 0 saturated carbocycles. The van der Waals surface area contributed by atoms with E-state index in [1.165, 1.54) is 0 Å². The van der Waals surface area contributed by atoms with E-state index in [2.05, 4.69) is 9.97 Å². The van der Waals surface area contributed by atoms with Gasteiger partial charge in [-0.1, -0.05) is 0 Å². The molecule has 2 amide bonds. The molecule has 1 aliphatic heterocycles. The lowest BCUT2D eigenvalue weighted by molar-refractivity contribution is 0.255. The predicted octanol–water partition coefficient (Wildman–Crippen LogP) is 0.600. The third kappa shape index (κ3) is 1.47. The number of anilines is 2. The number of rotatable bonds is 2. The highest BCUT2D eigenvalue weighted by Gasteiger charge is 2.33. The zero-order chi connectivity index (χ0) is 12.7. The molecule has 7 nitrogen and oxygen atoms in total. The van der Waals surface area contributed by atoms with E-state index < -0.39 is 0 Å². The van der Waals surface area contributed by atoms with Crippen LogP contribution in [0.1, 0.15) is 0 Å². The molecule has 0 N–H and O–H groups in total. The number of carbonyl (C=O) groups is 1. The molecule has 0 aromatic carbocycles. The zero-order valence-electron chi connectivity index (χ0n) is 10.3. The number of hydrogen-bond acceptors (Lipinski definition) is 3. The van der Waals surface area contributed by atoms with Gasteiger partial charge in [0, 0.05) is 27.2 Å². The fraction of sp³-hybridized carbons (Fsp3) is 0.364. The third-order valence-electron chi connectivity index (χ3n) is 3.14. The number of hydrogen-bond donors (Lipinski definition) is 0. The SMILES string of the molecule is Cn1cncc1N1CCN(c2cncn2C)C1=O. The Balaban J connectivity index is 1.90. The van der Waals surface area contributed by atoms with Crippen molar-refractivity contribution in [1.82, 2.24) is 19.1 Å². The van der Waals surface area contributed by atoms with Gasteiger partial charge >= 0.3 is 6.03 Å². The van der Waals surface area contributed by atoms with Gasteiger partial charge in [-0.3, -0.25) is 9.80 Å². The molecular weight excluding hydrogens is 232 g/mol. The van der Waals surface area contributed by atoms with Gasteiger partial charge in [0.1, 0.15) is 11.6 Å². The summed E-state index contributed by atoms with van der Waals surface area (Å²) < 4.78 is 3.68. The number of amides is 2. The first-order valence-electron chi connectivity index (χ1n) is 5.70. The Hall–Kier alpha value is -2.31. The van der Waals surface area contributed by atoms with E-state index in [1.807, 2.05) is 23.2 Å². The summed E-state index contributed by atoms with van der Waals surface area (Å²) in [6, 6.07) is -0.0396. The van der Waals surface area contributed by atoms with Crippen molar-refractivity contribution in [2.45, 2.75) is 0 Å². The van der Waals surface area contributed by atoms with Crippen molar-refractivity contribution in [3.05, 3.63) is 25.0 Å². The Kier molecular flexibility index (Phi) is 2.32. The number of aromatic nitrogens is 4. The van der Waals surface area contributed by atoms with Crippen LogP contribution in [0.3, 0.4) is 0 Å². The average molecular weight is 246 g/mol. The van der Waals surface area contributed by atoms with Crippen LogP contribution in [0.25, 0.3) is 0 Å². The first-order valence-corrected chi connectivity index (χ1v) is 5.70. The van der Waals surface area contributed by atoms with Crippen LogP contribution >= 0.6 is 0 Å². The molecule has 1 saturated heterocycles. The Morgan fingerprint density at radius 3 is 1.72 bits per heavy atom. The van der Waals surface area contributed by atoms with Crippen LogP contribution < -0.4 is 9.80 Å². The summed E-state index contributed by atoms with van der Waals surface area (Å²) in [7, 11) is 3.75. The van der Waals surface area contributed by atoms with Crippen LogP contribution in [-0.2, 0) is 14.1 Å². The van der Waals surface area contributed by atoms with E-state index >= 15 is 0 Å². The van der Waals surface area contributed by atoms with Gasteiger partial charge in [-0.2, -0.15) is 0 Å². The minimum Gasteiger partial charge on any atom is -0.320 e. The van der Waals surface area contributed by atoms with Gasteiger partial charge in [0.05, 0.1) is 25.0 Å². The largest absolute Gasteiger partial charge is 0.331 e. The van der Waals surface area contributed by atoms with Crippen LogP contribution in [0, 0.1) is 0 Å². The fourth-order valence-corrected chi connectivity index (χ4v) is 2.18. The lowest BCUT2D eigenvalue weighted by Gasteiger charge is -2.18. The van der Waals surface area contributed by atoms with Crippen molar-refractivity contribution in [2.24, 2.45) is 14.1 Å². The average Bonchev–Trinajstić information content (AvgIpc) is 3.01. The third-order valence-corrected chi connectivity index (χ3v) is 3.14. The van der Waals surface area contributed by atoms with Crippen molar-refractivity contribution in [3.8, 4) is 0 Å². The van der Waals surface area contributed by atoms with E-state index in [0.29, 0.717) is 13.1 Å². The van der Waals surface area contributed by atoms with Gasteiger partial charge in [0.15, 0.2) is 0 Å². The summed E-state index contributed by atoms with van der Waals surface area (Å²) in [5.41, 5.74) is 0.